The van der Waals surface area contributed by atoms with Crippen molar-refractivity contribution in [1.82, 2.24) is 14.5 Å². The van der Waals surface area contributed by atoms with E-state index in [4.69, 9.17) is 14.9 Å². The van der Waals surface area contributed by atoms with E-state index in [9.17, 15) is 5.11 Å². The number of rotatable bonds is 5. The van der Waals surface area contributed by atoms with Crippen LogP contribution in [-0.2, 0) is 11.3 Å². The van der Waals surface area contributed by atoms with Crippen molar-refractivity contribution in [1.29, 1.82) is 5.41 Å². The number of nitrogens with one attached hydrogen (secondary N) is 1. The molecular formula is C24H26N4O3. The molecule has 3 heterocycles. The van der Waals surface area contributed by atoms with Crippen molar-refractivity contribution in [3.8, 4) is 17.4 Å². The second kappa shape index (κ2) is 8.53. The predicted octanol–water partition coefficient (Wildman–Crippen LogP) is 3.08. The van der Waals surface area contributed by atoms with Gasteiger partial charge in [0.15, 0.2) is 0 Å². The van der Waals surface area contributed by atoms with Gasteiger partial charge in [0, 0.05) is 43.7 Å². The van der Waals surface area contributed by atoms with E-state index in [1.54, 1.807) is 18.5 Å². The zero-order valence-electron chi connectivity index (χ0n) is 17.3. The molecule has 5 rings (SSSR count). The van der Waals surface area contributed by atoms with Crippen molar-refractivity contribution in [2.24, 2.45) is 0 Å². The minimum absolute atomic E-state index is 0.147. The molecule has 1 aromatic heterocycles. The van der Waals surface area contributed by atoms with Crippen LogP contribution >= 0.6 is 0 Å². The molecule has 0 amide bonds. The molecule has 2 aliphatic heterocycles. The van der Waals surface area contributed by atoms with Crippen LogP contribution in [0.4, 0.5) is 0 Å². The Kier molecular flexibility index (Phi) is 5.44. The summed E-state index contributed by atoms with van der Waals surface area (Å²) in [4.78, 5) is 6.96. The summed E-state index contributed by atoms with van der Waals surface area (Å²) in [6.07, 6.45) is 2.63. The molecule has 7 nitrogen and oxygen atoms in total. The number of aromatic hydroxyl groups is 1. The van der Waals surface area contributed by atoms with E-state index in [2.05, 4.69) is 22.0 Å². The summed E-state index contributed by atoms with van der Waals surface area (Å²) in [7, 11) is 0. The number of aromatic nitrogens is 2. The standard InChI is InChI=1S/C24H26N4O3/c25-23-22-21(17-5-2-1-3-6-17)19-8-7-18(29)15-20(19)31-24(22)26-16-28(23)10-4-9-27-11-13-30-14-12-27/h1-3,5-8,15-16,21,25,29H,4,9-14H2. The maximum absolute atomic E-state index is 9.94. The lowest BCUT2D eigenvalue weighted by molar-refractivity contribution is 0.0369. The predicted molar refractivity (Wildman–Crippen MR) is 116 cm³/mol. The van der Waals surface area contributed by atoms with E-state index in [1.165, 1.54) is 0 Å². The van der Waals surface area contributed by atoms with Gasteiger partial charge >= 0.3 is 0 Å². The first-order valence-corrected chi connectivity index (χ1v) is 10.7. The fourth-order valence-corrected chi connectivity index (χ4v) is 4.41. The van der Waals surface area contributed by atoms with Gasteiger partial charge in [0.2, 0.25) is 5.88 Å². The molecule has 2 aromatic carbocycles. The third-order valence-electron chi connectivity index (χ3n) is 6.00. The van der Waals surface area contributed by atoms with Gasteiger partial charge < -0.3 is 19.1 Å². The van der Waals surface area contributed by atoms with Crippen molar-refractivity contribution < 1.29 is 14.6 Å². The van der Waals surface area contributed by atoms with Gasteiger partial charge in [0.1, 0.15) is 23.3 Å². The van der Waals surface area contributed by atoms with Crippen molar-refractivity contribution in [3.05, 3.63) is 77.0 Å². The molecule has 1 unspecified atom stereocenters. The van der Waals surface area contributed by atoms with Gasteiger partial charge in [-0.15, -0.1) is 0 Å². The third kappa shape index (κ3) is 3.94. The minimum atomic E-state index is -0.174. The van der Waals surface area contributed by atoms with Gasteiger partial charge in [-0.25, -0.2) is 4.98 Å². The molecule has 0 aliphatic carbocycles. The van der Waals surface area contributed by atoms with E-state index in [0.29, 0.717) is 17.1 Å². The Morgan fingerprint density at radius 2 is 1.87 bits per heavy atom. The zero-order chi connectivity index (χ0) is 21.2. The molecule has 0 bridgehead atoms. The fourth-order valence-electron chi connectivity index (χ4n) is 4.41. The molecule has 0 saturated carbocycles. The lowest BCUT2D eigenvalue weighted by Crippen LogP contribution is -2.37. The first-order chi connectivity index (χ1) is 15.2. The van der Waals surface area contributed by atoms with Crippen molar-refractivity contribution >= 4 is 0 Å². The van der Waals surface area contributed by atoms with Crippen LogP contribution in [0.2, 0.25) is 0 Å². The Morgan fingerprint density at radius 3 is 2.68 bits per heavy atom. The Balaban J connectivity index is 1.48. The number of benzene rings is 2. The number of fused-ring (bicyclic) bond motifs is 2. The molecule has 1 saturated heterocycles. The average molecular weight is 418 g/mol. The molecule has 160 valence electrons. The highest BCUT2D eigenvalue weighted by atomic mass is 16.5. The normalized spacial score (nSPS) is 18.1. The highest BCUT2D eigenvalue weighted by molar-refractivity contribution is 5.57. The maximum atomic E-state index is 9.94. The van der Waals surface area contributed by atoms with Crippen LogP contribution in [0.25, 0.3) is 0 Å². The SMILES string of the molecule is N=c1c2c(ncn1CCCN1CCOCC1)Oc1cc(O)ccc1C2c1ccccc1. The largest absolute Gasteiger partial charge is 0.508 e. The summed E-state index contributed by atoms with van der Waals surface area (Å²) < 4.78 is 13.3. The molecule has 0 radical (unpaired) electrons. The number of hydrogen-bond donors (Lipinski definition) is 2. The fraction of sp³-hybridized carbons (Fsp3) is 0.333. The highest BCUT2D eigenvalue weighted by Gasteiger charge is 2.32. The van der Waals surface area contributed by atoms with E-state index in [1.807, 2.05) is 28.8 Å². The molecule has 2 N–H and O–H groups in total. The number of ether oxygens (including phenoxy) is 2. The number of aryl methyl sites for hydroxylation is 1. The number of phenols is 1. The molecule has 1 atom stereocenters. The third-order valence-corrected chi connectivity index (χ3v) is 6.00. The summed E-state index contributed by atoms with van der Waals surface area (Å²) in [6.45, 7) is 5.22. The topological polar surface area (TPSA) is 83.6 Å². The summed E-state index contributed by atoms with van der Waals surface area (Å²) in [5, 5.41) is 18.9. The van der Waals surface area contributed by atoms with Crippen molar-refractivity contribution in [3.63, 3.8) is 0 Å². The van der Waals surface area contributed by atoms with E-state index in [0.717, 1.165) is 62.5 Å². The van der Waals surface area contributed by atoms with Crippen LogP contribution in [0.3, 0.4) is 0 Å². The second-order valence-corrected chi connectivity index (χ2v) is 7.98. The maximum Gasteiger partial charge on any atom is 0.228 e. The molecular weight excluding hydrogens is 392 g/mol. The van der Waals surface area contributed by atoms with E-state index < -0.39 is 0 Å². The smallest absolute Gasteiger partial charge is 0.228 e. The average Bonchev–Trinajstić information content (AvgIpc) is 2.80. The molecule has 31 heavy (non-hydrogen) atoms. The van der Waals surface area contributed by atoms with Crippen LogP contribution in [0.1, 0.15) is 29.0 Å². The Labute approximate surface area is 181 Å². The Bertz CT molecular complexity index is 1120. The van der Waals surface area contributed by atoms with Crippen LogP contribution in [0, 0.1) is 5.41 Å². The van der Waals surface area contributed by atoms with Gasteiger partial charge in [0.25, 0.3) is 0 Å². The lowest BCUT2D eigenvalue weighted by atomic mass is 9.84. The lowest BCUT2D eigenvalue weighted by Gasteiger charge is -2.29. The Morgan fingerprint density at radius 1 is 1.06 bits per heavy atom. The van der Waals surface area contributed by atoms with Gasteiger partial charge in [-0.1, -0.05) is 36.4 Å². The number of nitrogens with zero attached hydrogens (tertiary/aromatic N) is 3. The number of phenolic OH excluding ortho intramolecular Hbond substituents is 1. The molecule has 1 fully saturated rings. The minimum Gasteiger partial charge on any atom is -0.508 e. The summed E-state index contributed by atoms with van der Waals surface area (Å²) in [6, 6.07) is 15.3. The molecule has 0 spiro atoms. The monoisotopic (exact) mass is 418 g/mol. The van der Waals surface area contributed by atoms with Gasteiger partial charge in [-0.2, -0.15) is 0 Å². The quantitative estimate of drug-likeness (QED) is 0.520. The van der Waals surface area contributed by atoms with E-state index >= 15 is 0 Å². The van der Waals surface area contributed by atoms with Gasteiger partial charge in [0.05, 0.1) is 18.8 Å². The second-order valence-electron chi connectivity index (χ2n) is 7.98. The summed E-state index contributed by atoms with van der Waals surface area (Å²) in [5.41, 5.74) is 3.18. The first kappa shape index (κ1) is 19.8. The van der Waals surface area contributed by atoms with Crippen LogP contribution in [0.15, 0.2) is 54.9 Å². The number of hydrogen-bond acceptors (Lipinski definition) is 6. The van der Waals surface area contributed by atoms with Crippen LogP contribution in [-0.4, -0.2) is 52.4 Å². The Hall–Kier alpha value is -3.16. The summed E-state index contributed by atoms with van der Waals surface area (Å²) >= 11 is 0. The first-order valence-electron chi connectivity index (χ1n) is 10.7. The van der Waals surface area contributed by atoms with Crippen LogP contribution < -0.4 is 10.2 Å². The number of morpholine rings is 1. The van der Waals surface area contributed by atoms with Crippen molar-refractivity contribution in [2.45, 2.75) is 18.9 Å². The highest BCUT2D eigenvalue weighted by Crippen LogP contribution is 2.45. The van der Waals surface area contributed by atoms with Gasteiger partial charge in [-0.3, -0.25) is 10.3 Å². The van der Waals surface area contributed by atoms with Gasteiger partial charge in [-0.05, 0) is 18.1 Å². The van der Waals surface area contributed by atoms with Crippen molar-refractivity contribution in [2.75, 3.05) is 32.8 Å². The van der Waals surface area contributed by atoms with Crippen LogP contribution in [0.5, 0.6) is 17.4 Å². The molecule has 2 aliphatic rings. The van der Waals surface area contributed by atoms with E-state index in [-0.39, 0.29) is 11.7 Å². The summed E-state index contributed by atoms with van der Waals surface area (Å²) in [5.74, 6) is 0.987. The zero-order valence-corrected chi connectivity index (χ0v) is 17.3. The molecule has 3 aromatic rings. The molecule has 7 heteroatoms.